The van der Waals surface area contributed by atoms with Gasteiger partial charge in [0.2, 0.25) is 12.7 Å². The first-order valence-corrected chi connectivity index (χ1v) is 14.0. The summed E-state index contributed by atoms with van der Waals surface area (Å²) in [4.78, 5) is 32.2. The number of ether oxygens (including phenoxy) is 1. The fourth-order valence-electron chi connectivity index (χ4n) is 5.72. The van der Waals surface area contributed by atoms with Gasteiger partial charge in [-0.3, -0.25) is 9.80 Å². The summed E-state index contributed by atoms with van der Waals surface area (Å²) in [5, 5.41) is 1.45. The van der Waals surface area contributed by atoms with E-state index < -0.39 is 11.4 Å². The fourth-order valence-corrected chi connectivity index (χ4v) is 5.90. The second kappa shape index (κ2) is 10.6. The van der Waals surface area contributed by atoms with Crippen molar-refractivity contribution in [1.82, 2.24) is 20.0 Å². The van der Waals surface area contributed by atoms with Crippen molar-refractivity contribution < 1.29 is 28.0 Å². The van der Waals surface area contributed by atoms with Crippen molar-refractivity contribution in [3.63, 3.8) is 0 Å². The molecule has 1 aromatic heterocycles. The van der Waals surface area contributed by atoms with E-state index in [2.05, 4.69) is 4.90 Å². The fraction of sp³-hybridized carbons (Fsp3) is 0.333. The molecule has 41 heavy (non-hydrogen) atoms. The zero-order chi connectivity index (χ0) is 28.0. The lowest BCUT2D eigenvalue weighted by atomic mass is 9.91. The van der Waals surface area contributed by atoms with Crippen LogP contribution in [-0.4, -0.2) is 58.1 Å². The van der Waals surface area contributed by atoms with E-state index in [1.165, 1.54) is 11.3 Å². The molecule has 0 N–H and O–H groups in total. The third kappa shape index (κ3) is 5.12. The molecule has 0 radical (unpaired) electrons. The summed E-state index contributed by atoms with van der Waals surface area (Å²) in [6.07, 6.45) is 6.42. The number of rotatable bonds is 6. The monoisotopic (exact) mass is 578 g/mol. The third-order valence-corrected chi connectivity index (χ3v) is 8.33. The van der Waals surface area contributed by atoms with Gasteiger partial charge in [0.25, 0.3) is 0 Å². The lowest BCUT2D eigenvalue weighted by molar-refractivity contribution is -0.501. The first-order chi connectivity index (χ1) is 20.0. The van der Waals surface area contributed by atoms with Crippen LogP contribution in [0.25, 0.3) is 22.8 Å². The summed E-state index contributed by atoms with van der Waals surface area (Å²) in [5.41, 5.74) is 3.62. The molecular weight excluding hydrogens is 551 g/mol. The van der Waals surface area contributed by atoms with Crippen LogP contribution >= 0.6 is 11.6 Å². The number of nitrogens with zero attached hydrogens (tertiary/aromatic N) is 4. The topological polar surface area (TPSA) is 80.5 Å². The molecule has 1 amide bonds. The molecule has 3 aromatic rings. The van der Waals surface area contributed by atoms with E-state index >= 15 is 0 Å². The van der Waals surface area contributed by atoms with Crippen molar-refractivity contribution in [3.05, 3.63) is 88.6 Å². The SMILES string of the molecule is O=C1OC2(CCN(Cc3nc(-c4ccccc4)oc3-c3ccc(F)c(Cl)c3)CC2)CN1C1=CC=C(N2OCO2)CC1. The summed E-state index contributed by atoms with van der Waals surface area (Å²) in [7, 11) is 0. The maximum Gasteiger partial charge on any atom is 0.414 e. The molecule has 4 heterocycles. The zero-order valence-electron chi connectivity index (χ0n) is 22.2. The van der Waals surface area contributed by atoms with Gasteiger partial charge < -0.3 is 9.15 Å². The molecule has 0 atom stereocenters. The number of allylic oxidation sites excluding steroid dienone is 4. The molecule has 0 bridgehead atoms. The van der Waals surface area contributed by atoms with Gasteiger partial charge in [0.1, 0.15) is 17.1 Å². The van der Waals surface area contributed by atoms with Crippen LogP contribution in [0.15, 0.2) is 76.5 Å². The first kappa shape index (κ1) is 26.2. The zero-order valence-corrected chi connectivity index (χ0v) is 23.0. The quantitative estimate of drug-likeness (QED) is 0.338. The first-order valence-electron chi connectivity index (χ1n) is 13.7. The molecule has 0 unspecified atom stereocenters. The van der Waals surface area contributed by atoms with Gasteiger partial charge in [-0.05, 0) is 55.3 Å². The molecular formula is C30H28ClFN4O5. The van der Waals surface area contributed by atoms with E-state index in [0.717, 1.165) is 42.2 Å². The minimum absolute atomic E-state index is 0.0284. The van der Waals surface area contributed by atoms with Gasteiger partial charge in [0.15, 0.2) is 5.76 Å². The summed E-state index contributed by atoms with van der Waals surface area (Å²) < 4.78 is 26.1. The molecule has 2 aromatic carbocycles. The van der Waals surface area contributed by atoms with Gasteiger partial charge in [-0.1, -0.05) is 29.8 Å². The van der Waals surface area contributed by atoms with Gasteiger partial charge in [0, 0.05) is 49.3 Å². The summed E-state index contributed by atoms with van der Waals surface area (Å²) in [6, 6.07) is 14.2. The number of halogens is 2. The normalized spacial score (nSPS) is 20.6. The Kier molecular flexibility index (Phi) is 6.78. The van der Waals surface area contributed by atoms with Crippen LogP contribution in [-0.2, 0) is 21.0 Å². The Morgan fingerprint density at radius 1 is 0.976 bits per heavy atom. The average Bonchev–Trinajstić information content (AvgIpc) is 3.52. The molecule has 212 valence electrons. The predicted octanol–water partition coefficient (Wildman–Crippen LogP) is 6.29. The number of piperidine rings is 1. The highest BCUT2D eigenvalue weighted by Gasteiger charge is 2.48. The van der Waals surface area contributed by atoms with E-state index in [9.17, 15) is 9.18 Å². The molecule has 7 rings (SSSR count). The Balaban J connectivity index is 1.06. The Morgan fingerprint density at radius 3 is 2.41 bits per heavy atom. The van der Waals surface area contributed by atoms with E-state index in [4.69, 9.17) is 35.4 Å². The van der Waals surface area contributed by atoms with Gasteiger partial charge in [0.05, 0.1) is 17.3 Å². The Hall–Kier alpha value is -3.70. The molecule has 4 aliphatic rings. The number of aromatic nitrogens is 1. The Bertz CT molecular complexity index is 1530. The van der Waals surface area contributed by atoms with Crippen LogP contribution < -0.4 is 0 Å². The Labute approximate surface area is 241 Å². The number of hydroxylamine groups is 2. The summed E-state index contributed by atoms with van der Waals surface area (Å²) in [6.45, 7) is 2.79. The summed E-state index contributed by atoms with van der Waals surface area (Å²) in [5.74, 6) is 0.575. The maximum atomic E-state index is 13.9. The molecule has 1 spiro atoms. The van der Waals surface area contributed by atoms with Crippen molar-refractivity contribution >= 4 is 17.7 Å². The van der Waals surface area contributed by atoms with Crippen LogP contribution in [0.2, 0.25) is 5.02 Å². The van der Waals surface area contributed by atoms with Crippen molar-refractivity contribution in [2.75, 3.05) is 26.4 Å². The highest BCUT2D eigenvalue weighted by atomic mass is 35.5. The average molecular weight is 579 g/mol. The van der Waals surface area contributed by atoms with Crippen LogP contribution in [0.3, 0.4) is 0 Å². The predicted molar refractivity (Wildman–Crippen MR) is 147 cm³/mol. The van der Waals surface area contributed by atoms with Gasteiger partial charge >= 0.3 is 6.09 Å². The van der Waals surface area contributed by atoms with Crippen molar-refractivity contribution in [3.8, 4) is 22.8 Å². The largest absolute Gasteiger partial charge is 0.441 e. The highest BCUT2D eigenvalue weighted by molar-refractivity contribution is 6.31. The van der Waals surface area contributed by atoms with Crippen molar-refractivity contribution in [2.45, 2.75) is 37.8 Å². The number of carbonyl (C=O) groups is 1. The molecule has 3 saturated heterocycles. The lowest BCUT2D eigenvalue weighted by Gasteiger charge is -2.37. The number of hydrogen-bond donors (Lipinski definition) is 0. The molecule has 3 fully saturated rings. The Morgan fingerprint density at radius 2 is 1.73 bits per heavy atom. The number of amides is 1. The van der Waals surface area contributed by atoms with Crippen LogP contribution in [0, 0.1) is 5.82 Å². The highest BCUT2D eigenvalue weighted by Crippen LogP contribution is 2.39. The van der Waals surface area contributed by atoms with Gasteiger partial charge in [-0.15, -0.1) is 5.23 Å². The molecule has 9 nitrogen and oxygen atoms in total. The minimum Gasteiger partial charge on any atom is -0.441 e. The second-order valence-corrected chi connectivity index (χ2v) is 11.1. The van der Waals surface area contributed by atoms with Crippen LogP contribution in [0.4, 0.5) is 9.18 Å². The van der Waals surface area contributed by atoms with E-state index in [1.54, 1.807) is 17.0 Å². The summed E-state index contributed by atoms with van der Waals surface area (Å²) >= 11 is 6.10. The number of hydrogen-bond acceptors (Lipinski definition) is 8. The van der Waals surface area contributed by atoms with Crippen molar-refractivity contribution in [1.29, 1.82) is 0 Å². The molecule has 0 saturated carbocycles. The third-order valence-electron chi connectivity index (χ3n) is 8.04. The van der Waals surface area contributed by atoms with Gasteiger partial charge in [-0.2, -0.15) is 0 Å². The van der Waals surface area contributed by atoms with Crippen LogP contribution in [0.1, 0.15) is 31.4 Å². The van der Waals surface area contributed by atoms with Crippen molar-refractivity contribution in [2.24, 2.45) is 0 Å². The smallest absolute Gasteiger partial charge is 0.414 e. The molecule has 11 heteroatoms. The van der Waals surface area contributed by atoms with E-state index in [-0.39, 0.29) is 17.9 Å². The van der Waals surface area contributed by atoms with Crippen LogP contribution in [0.5, 0.6) is 0 Å². The maximum absolute atomic E-state index is 13.9. The number of benzene rings is 2. The second-order valence-electron chi connectivity index (χ2n) is 10.7. The molecule has 1 aliphatic carbocycles. The minimum atomic E-state index is -0.519. The molecule has 3 aliphatic heterocycles. The number of carbonyl (C=O) groups excluding carboxylic acids is 1. The van der Waals surface area contributed by atoms with Gasteiger partial charge in [-0.25, -0.2) is 23.8 Å². The number of oxazole rings is 1. The number of likely N-dealkylation sites (tertiary alicyclic amines) is 1. The standard InChI is InChI=1S/C30H28ClFN4O5/c31-24-16-21(6-11-25(24)32)27-26(33-28(40-27)20-4-2-1-3-5-20)17-34-14-12-30(13-15-34)18-35(29(37)41-30)22-7-9-23(10-8-22)36-38-19-39-36/h1-7,9,11,16H,8,10,12-15,17-19H2. The lowest BCUT2D eigenvalue weighted by Crippen LogP contribution is -2.46. The van der Waals surface area contributed by atoms with E-state index in [0.29, 0.717) is 49.6 Å². The van der Waals surface area contributed by atoms with E-state index in [1.807, 2.05) is 42.5 Å².